The average Bonchev–Trinajstić information content (AvgIpc) is 2.41. The van der Waals surface area contributed by atoms with Gasteiger partial charge in [-0.2, -0.15) is 0 Å². The second kappa shape index (κ2) is 5.50. The van der Waals surface area contributed by atoms with Gasteiger partial charge in [-0.15, -0.1) is 0 Å². The number of nitrogens with zero attached hydrogens (tertiary/aromatic N) is 1. The molecule has 7 heteroatoms. The minimum Gasteiger partial charge on any atom is -0.262 e. The molecular weight excluding hydrogens is 295 g/mol. The van der Waals surface area contributed by atoms with Crippen LogP contribution in [0.5, 0.6) is 0 Å². The van der Waals surface area contributed by atoms with Crippen molar-refractivity contribution in [3.05, 3.63) is 57.4 Å². The molecule has 21 heavy (non-hydrogen) atoms. The number of rotatable bonds is 3. The van der Waals surface area contributed by atoms with Gasteiger partial charge in [-0.25, -0.2) is 4.39 Å². The molecule has 0 bridgehead atoms. The molecule has 0 saturated carbocycles. The van der Waals surface area contributed by atoms with E-state index in [4.69, 9.17) is 5.73 Å². The number of allylic oxidation sites excluding steroid dienone is 2. The summed E-state index contributed by atoms with van der Waals surface area (Å²) in [5, 5.41) is 11.3. The zero-order valence-corrected chi connectivity index (χ0v) is 12.4. The molecule has 0 heterocycles. The Kier molecular flexibility index (Phi) is 4.06. The average molecular weight is 310 g/mol. The Morgan fingerprint density at radius 3 is 2.67 bits per heavy atom. The number of halogens is 1. The number of aryl methyl sites for hydroxylation is 1. The first-order valence-corrected chi connectivity index (χ1v) is 7.77. The summed E-state index contributed by atoms with van der Waals surface area (Å²) >= 11 is 0. The zero-order valence-electron chi connectivity index (χ0n) is 11.6. The van der Waals surface area contributed by atoms with E-state index >= 15 is 0 Å². The van der Waals surface area contributed by atoms with Gasteiger partial charge < -0.3 is 0 Å². The lowest BCUT2D eigenvalue weighted by Gasteiger charge is -2.26. The topological polar surface area (TPSA) is 86.2 Å². The highest BCUT2D eigenvalue weighted by molar-refractivity contribution is 7.84. The molecule has 0 saturated heterocycles. The van der Waals surface area contributed by atoms with Crippen LogP contribution in [0.15, 0.2) is 41.1 Å². The second-order valence-electron chi connectivity index (χ2n) is 4.96. The highest BCUT2D eigenvalue weighted by atomic mass is 32.2. The molecule has 0 amide bonds. The van der Waals surface area contributed by atoms with E-state index in [0.717, 1.165) is 12.2 Å². The number of hydrogen-bond donors (Lipinski definition) is 1. The Labute approximate surface area is 123 Å². The SMILES string of the molecule is Cc1cc(S(C)=O)ccc1C1=CC(F)=CCC1(N)[N+](=O)[O-]. The zero-order chi connectivity index (χ0) is 15.8. The van der Waals surface area contributed by atoms with Crippen molar-refractivity contribution in [1.82, 2.24) is 0 Å². The maximum absolute atomic E-state index is 13.5. The molecule has 2 atom stereocenters. The van der Waals surface area contributed by atoms with Gasteiger partial charge in [0.15, 0.2) is 0 Å². The van der Waals surface area contributed by atoms with Crippen molar-refractivity contribution in [3.8, 4) is 0 Å². The molecular formula is C14H15FN2O3S. The van der Waals surface area contributed by atoms with E-state index in [-0.39, 0.29) is 12.0 Å². The van der Waals surface area contributed by atoms with Gasteiger partial charge in [-0.3, -0.25) is 20.1 Å². The van der Waals surface area contributed by atoms with Crippen molar-refractivity contribution in [2.75, 3.05) is 6.26 Å². The standard InChI is InChI=1S/C14H15FN2O3S/c1-9-7-11(21(2)20)3-4-12(9)13-8-10(15)5-6-14(13,16)17(18)19/h3-5,7-8H,6,16H2,1-2H3. The molecule has 1 aromatic rings. The van der Waals surface area contributed by atoms with Gasteiger partial charge in [-0.1, -0.05) is 6.07 Å². The van der Waals surface area contributed by atoms with Gasteiger partial charge >= 0.3 is 5.66 Å². The minimum atomic E-state index is -1.85. The van der Waals surface area contributed by atoms with E-state index in [1.165, 1.54) is 0 Å². The number of benzene rings is 1. The Balaban J connectivity index is 2.59. The lowest BCUT2D eigenvalue weighted by molar-refractivity contribution is -0.549. The Morgan fingerprint density at radius 2 is 2.14 bits per heavy atom. The van der Waals surface area contributed by atoms with Crippen molar-refractivity contribution in [1.29, 1.82) is 0 Å². The van der Waals surface area contributed by atoms with Gasteiger partial charge in [0, 0.05) is 26.9 Å². The summed E-state index contributed by atoms with van der Waals surface area (Å²) in [6, 6.07) is 4.88. The quantitative estimate of drug-likeness (QED) is 0.527. The maximum Gasteiger partial charge on any atom is 0.302 e. The largest absolute Gasteiger partial charge is 0.302 e. The highest BCUT2D eigenvalue weighted by Gasteiger charge is 2.44. The van der Waals surface area contributed by atoms with E-state index in [2.05, 4.69) is 0 Å². The molecule has 2 N–H and O–H groups in total. The molecule has 112 valence electrons. The number of nitrogens with two attached hydrogens (primary N) is 1. The third-order valence-corrected chi connectivity index (χ3v) is 4.42. The van der Waals surface area contributed by atoms with Crippen LogP contribution in [0.2, 0.25) is 0 Å². The Hall–Kier alpha value is -1.86. The Bertz CT molecular complexity index is 699. The number of hydrogen-bond acceptors (Lipinski definition) is 4. The van der Waals surface area contributed by atoms with Crippen molar-refractivity contribution in [2.24, 2.45) is 5.73 Å². The van der Waals surface area contributed by atoms with E-state index < -0.39 is 27.2 Å². The van der Waals surface area contributed by atoms with Gasteiger partial charge in [0.25, 0.3) is 0 Å². The molecule has 0 fully saturated rings. The second-order valence-corrected chi connectivity index (χ2v) is 6.34. The summed E-state index contributed by atoms with van der Waals surface area (Å²) < 4.78 is 25.0. The summed E-state index contributed by atoms with van der Waals surface area (Å²) in [5.74, 6) is -0.546. The van der Waals surface area contributed by atoms with E-state index in [9.17, 15) is 18.7 Å². The molecule has 2 unspecified atom stereocenters. The van der Waals surface area contributed by atoms with E-state index in [1.807, 2.05) is 0 Å². The Morgan fingerprint density at radius 1 is 1.48 bits per heavy atom. The monoisotopic (exact) mass is 310 g/mol. The molecule has 2 rings (SSSR count). The molecule has 1 aromatic carbocycles. The maximum atomic E-state index is 13.5. The fraction of sp³-hybridized carbons (Fsp3) is 0.286. The molecule has 0 spiro atoms. The molecule has 0 aliphatic heterocycles. The van der Waals surface area contributed by atoms with Crippen LogP contribution in [0.1, 0.15) is 17.5 Å². The first kappa shape index (κ1) is 15.5. The van der Waals surface area contributed by atoms with Gasteiger partial charge in [0.1, 0.15) is 5.83 Å². The molecule has 1 aliphatic rings. The normalized spacial score (nSPS) is 23.2. The summed E-state index contributed by atoms with van der Waals surface area (Å²) in [5.41, 5.74) is 5.30. The van der Waals surface area contributed by atoms with Crippen LogP contribution in [0, 0.1) is 17.0 Å². The van der Waals surface area contributed by atoms with E-state index in [0.29, 0.717) is 16.0 Å². The first-order valence-electron chi connectivity index (χ1n) is 6.21. The van der Waals surface area contributed by atoms with Crippen LogP contribution in [0.25, 0.3) is 5.57 Å². The third-order valence-electron chi connectivity index (χ3n) is 3.50. The predicted octanol–water partition coefficient (Wildman–Crippen LogP) is 2.30. The lowest BCUT2D eigenvalue weighted by atomic mass is 9.85. The fourth-order valence-electron chi connectivity index (χ4n) is 2.29. The molecule has 0 radical (unpaired) electrons. The van der Waals surface area contributed by atoms with E-state index in [1.54, 1.807) is 31.4 Å². The first-order chi connectivity index (χ1) is 9.75. The van der Waals surface area contributed by atoms with Crippen molar-refractivity contribution >= 4 is 16.4 Å². The van der Waals surface area contributed by atoms with Crippen LogP contribution >= 0.6 is 0 Å². The van der Waals surface area contributed by atoms with Crippen LogP contribution in [0.4, 0.5) is 4.39 Å². The lowest BCUT2D eigenvalue weighted by Crippen LogP contribution is -2.49. The highest BCUT2D eigenvalue weighted by Crippen LogP contribution is 2.36. The molecule has 5 nitrogen and oxygen atoms in total. The van der Waals surface area contributed by atoms with Crippen LogP contribution in [-0.2, 0) is 10.8 Å². The summed E-state index contributed by atoms with van der Waals surface area (Å²) in [4.78, 5) is 11.3. The minimum absolute atomic E-state index is 0.124. The van der Waals surface area contributed by atoms with Gasteiger partial charge in [-0.05, 0) is 42.3 Å². The third kappa shape index (κ3) is 2.79. The van der Waals surface area contributed by atoms with Gasteiger partial charge in [0.05, 0.1) is 12.0 Å². The van der Waals surface area contributed by atoms with Crippen LogP contribution in [0.3, 0.4) is 0 Å². The summed E-state index contributed by atoms with van der Waals surface area (Å²) in [6.07, 6.45) is 3.54. The summed E-state index contributed by atoms with van der Waals surface area (Å²) in [6.45, 7) is 1.73. The van der Waals surface area contributed by atoms with Crippen molar-refractivity contribution < 1.29 is 13.5 Å². The van der Waals surface area contributed by atoms with Gasteiger partial charge in [0.2, 0.25) is 0 Å². The molecule has 1 aliphatic carbocycles. The summed E-state index contributed by atoms with van der Waals surface area (Å²) in [7, 11) is -1.16. The number of nitro groups is 1. The van der Waals surface area contributed by atoms with Crippen LogP contribution in [-0.4, -0.2) is 21.1 Å². The van der Waals surface area contributed by atoms with Crippen molar-refractivity contribution in [3.63, 3.8) is 0 Å². The smallest absolute Gasteiger partial charge is 0.262 e. The van der Waals surface area contributed by atoms with Crippen LogP contribution < -0.4 is 5.73 Å². The predicted molar refractivity (Wildman–Crippen MR) is 79.2 cm³/mol. The van der Waals surface area contributed by atoms with Crippen molar-refractivity contribution in [2.45, 2.75) is 23.9 Å². The molecule has 0 aromatic heterocycles. The fourth-order valence-corrected chi connectivity index (χ4v) is 2.89.